The molecule has 3 unspecified atom stereocenters. The van der Waals surface area contributed by atoms with E-state index in [2.05, 4.69) is 39.4 Å². The molecular weight excluding hydrogens is 931 g/mol. The van der Waals surface area contributed by atoms with Crippen molar-refractivity contribution in [3.05, 3.63) is 28.3 Å². The third-order valence-electron chi connectivity index (χ3n) is 10.3. The average molecular weight is 990 g/mol. The van der Waals surface area contributed by atoms with E-state index in [0.717, 1.165) is 74.3 Å². The maximum Gasteiger partial charge on any atom is 0.490 e. The van der Waals surface area contributed by atoms with Crippen LogP contribution in [0.2, 0.25) is 0 Å². The first kappa shape index (κ1) is 53.6. The molecule has 0 radical (unpaired) electrons. The molecule has 3 saturated heterocycles. The van der Waals surface area contributed by atoms with E-state index in [1.807, 2.05) is 11.8 Å². The van der Waals surface area contributed by atoms with Crippen molar-refractivity contribution >= 4 is 70.8 Å². The van der Waals surface area contributed by atoms with Crippen molar-refractivity contribution < 1.29 is 80.5 Å². The third kappa shape index (κ3) is 18.3. The summed E-state index contributed by atoms with van der Waals surface area (Å²) in [5.74, 6) is 0.709. The number of ketones is 1. The van der Waals surface area contributed by atoms with Gasteiger partial charge in [-0.1, -0.05) is 37.8 Å². The molecule has 64 heavy (non-hydrogen) atoms. The molecule has 3 aliphatic heterocycles. The van der Waals surface area contributed by atoms with E-state index >= 15 is 0 Å². The summed E-state index contributed by atoms with van der Waals surface area (Å²) < 4.78 is 52.2. The van der Waals surface area contributed by atoms with E-state index in [1.165, 1.54) is 12.2 Å². The number of fused-ring (bicyclic) bond motifs is 1. The zero-order chi connectivity index (χ0) is 47.1. The summed E-state index contributed by atoms with van der Waals surface area (Å²) in [7, 11) is -17.0. The summed E-state index contributed by atoms with van der Waals surface area (Å²) >= 11 is 1.87. The molecule has 9 atom stereocenters. The molecule has 0 bridgehead atoms. The van der Waals surface area contributed by atoms with Gasteiger partial charge in [0, 0.05) is 61.5 Å². The summed E-state index contributed by atoms with van der Waals surface area (Å²) in [6, 6.07) is 0.295. The fraction of sp³-hybridized carbons (Fsp3) is 0.714. The van der Waals surface area contributed by atoms with Crippen molar-refractivity contribution in [3.8, 4) is 0 Å². The van der Waals surface area contributed by atoms with Gasteiger partial charge in [-0.25, -0.2) is 23.3 Å². The zero-order valence-electron chi connectivity index (χ0n) is 34.8. The Hall–Kier alpha value is -3.06. The van der Waals surface area contributed by atoms with Crippen LogP contribution in [0.1, 0.15) is 102 Å². The summed E-state index contributed by atoms with van der Waals surface area (Å²) in [6.07, 6.45) is 6.82. The van der Waals surface area contributed by atoms with Crippen LogP contribution in [-0.2, 0) is 46.0 Å². The van der Waals surface area contributed by atoms with Crippen LogP contribution in [0, 0.1) is 0 Å². The van der Waals surface area contributed by atoms with Gasteiger partial charge in [0.1, 0.15) is 29.9 Å². The number of unbranched alkanes of at least 4 members (excludes halogenated alkanes) is 6. The average Bonchev–Trinajstić information content (AvgIpc) is 3.84. The number of aliphatic hydroxyl groups is 2. The number of nitrogens with zero attached hydrogens (tertiary/aromatic N) is 2. The van der Waals surface area contributed by atoms with Crippen molar-refractivity contribution in [1.29, 1.82) is 0 Å². The predicted octanol–water partition coefficient (Wildman–Crippen LogP) is 1.23. The molecule has 25 nitrogen and oxygen atoms in total. The predicted molar refractivity (Wildman–Crippen MR) is 229 cm³/mol. The fourth-order valence-electron chi connectivity index (χ4n) is 7.12. The first-order chi connectivity index (χ1) is 30.1. The number of thioether (sulfide) groups is 1. The number of anilines is 1. The third-order valence-corrected chi connectivity index (χ3v) is 15.6. The highest BCUT2D eigenvalue weighted by molar-refractivity contribution is 8.00. The minimum absolute atomic E-state index is 0.0361. The van der Waals surface area contributed by atoms with Crippen molar-refractivity contribution in [1.82, 2.24) is 30.8 Å². The van der Waals surface area contributed by atoms with E-state index in [0.29, 0.717) is 37.5 Å². The molecule has 0 saturated carbocycles. The van der Waals surface area contributed by atoms with Crippen molar-refractivity contribution in [2.45, 2.75) is 132 Å². The number of aliphatic hydroxyl groups excluding tert-OH is 2. The molecule has 4 heterocycles. The lowest BCUT2D eigenvalue weighted by Crippen LogP contribution is -2.36. The molecule has 4 rings (SSSR count). The van der Waals surface area contributed by atoms with E-state index in [1.54, 1.807) is 0 Å². The van der Waals surface area contributed by atoms with Crippen LogP contribution in [0.4, 0.5) is 10.6 Å². The molecule has 4 amide bonds. The molecule has 3 aliphatic rings. The van der Waals surface area contributed by atoms with E-state index in [-0.39, 0.29) is 60.1 Å². The highest BCUT2D eigenvalue weighted by Gasteiger charge is 2.47. The Bertz CT molecular complexity index is 2010. The summed E-state index contributed by atoms with van der Waals surface area (Å²) in [5.41, 5.74) is 4.98. The zero-order valence-corrected chi connectivity index (χ0v) is 38.3. The van der Waals surface area contributed by atoms with E-state index < -0.39 is 60.3 Å². The standard InChI is InChI=1S/C35H58N7O18P3S/c36-32-22(19-42(35(49)41-32)33-31(47)30(46)25(58-33)20-57-62(53,54)60-63(55,56)59-61(50,51)52)11-10-18-38-27(44)15-6-2-1-4-12-23(43)13-5-3-9-17-37-28(45)16-8-7-14-26-29-24(21-64-26)39-34(48)40-29/h10-11,19,24-26,29-31,33,46-47H,1-9,12-18,20-21H2,(H,37,45)(H,38,44)(H,53,54)(H,55,56)(H2,36,41,49)(H2,39,40,48)(H2,50,51,52)/b11-10+/t24-,25-,26-,29-,30?,31+,33-/m1/s1. The molecule has 1 aromatic heterocycles. The SMILES string of the molecule is Nc1nc(=O)n([C@@H]2O[C@H](COP(=O)(O)OP(=O)(O)OP(=O)(O)O)C(O)[C@@H]2O)cc1/C=C/CNC(=O)CCCCCCC(=O)CCCCCNC(=O)CCCC[C@H]1SC[C@H]2NC(=O)N[C@H]21. The number of urea groups is 1. The second-order valence-electron chi connectivity index (χ2n) is 15.4. The first-order valence-corrected chi connectivity index (χ1v) is 26.3. The van der Waals surface area contributed by atoms with Gasteiger partial charge in [0.15, 0.2) is 6.23 Å². The topological polar surface area (TPSA) is 387 Å². The number of hydrogen-bond donors (Lipinski definition) is 11. The van der Waals surface area contributed by atoms with Gasteiger partial charge in [0.25, 0.3) is 0 Å². The van der Waals surface area contributed by atoms with Gasteiger partial charge in [-0.2, -0.15) is 25.4 Å². The lowest BCUT2D eigenvalue weighted by Gasteiger charge is -2.19. The van der Waals surface area contributed by atoms with Crippen LogP contribution < -0.4 is 32.7 Å². The Morgan fingerprint density at radius 1 is 0.875 bits per heavy atom. The number of ether oxygens (including phenoxy) is 1. The molecular formula is C35H58N7O18P3S. The maximum atomic E-state index is 12.6. The van der Waals surface area contributed by atoms with Gasteiger partial charge in [-0.15, -0.1) is 0 Å². The van der Waals surface area contributed by atoms with Crippen LogP contribution in [0.25, 0.3) is 6.08 Å². The van der Waals surface area contributed by atoms with Crippen molar-refractivity contribution in [2.75, 3.05) is 31.2 Å². The van der Waals surface area contributed by atoms with Crippen LogP contribution in [0.15, 0.2) is 17.1 Å². The number of hydrogen-bond acceptors (Lipinski definition) is 17. The number of carbonyl (C=O) groups excluding carboxylic acids is 4. The lowest BCUT2D eigenvalue weighted by atomic mass is 10.0. The summed E-state index contributed by atoms with van der Waals surface area (Å²) in [4.78, 5) is 101. The molecule has 12 N–H and O–H groups in total. The van der Waals surface area contributed by atoms with Gasteiger partial charge in [0.2, 0.25) is 11.8 Å². The van der Waals surface area contributed by atoms with Crippen LogP contribution in [0.5, 0.6) is 0 Å². The van der Waals surface area contributed by atoms with Gasteiger partial charge < -0.3 is 61.5 Å². The smallest absolute Gasteiger partial charge is 0.387 e. The Kier molecular flexibility index (Phi) is 21.1. The fourth-order valence-corrected chi connectivity index (χ4v) is 11.7. The van der Waals surface area contributed by atoms with Crippen LogP contribution in [0.3, 0.4) is 0 Å². The second kappa shape index (κ2) is 25.2. The highest BCUT2D eigenvalue weighted by atomic mass is 32.2. The number of rotatable bonds is 29. The minimum Gasteiger partial charge on any atom is -0.387 e. The lowest BCUT2D eigenvalue weighted by molar-refractivity contribution is -0.121. The largest absolute Gasteiger partial charge is 0.490 e. The molecule has 1 aromatic rings. The van der Waals surface area contributed by atoms with Gasteiger partial charge in [-0.05, 0) is 38.5 Å². The second-order valence-corrected chi connectivity index (χ2v) is 21.1. The molecule has 3 fully saturated rings. The minimum atomic E-state index is -5.81. The Labute approximate surface area is 372 Å². The molecule has 0 aliphatic carbocycles. The number of nitrogen functional groups attached to an aromatic ring is 1. The number of phosphoric ester groups is 1. The highest BCUT2D eigenvalue weighted by Crippen LogP contribution is 2.66. The maximum absolute atomic E-state index is 12.6. The number of aromatic nitrogens is 2. The molecule has 0 aromatic carbocycles. The van der Waals surface area contributed by atoms with Gasteiger partial charge >= 0.3 is 35.2 Å². The number of phosphoric acid groups is 3. The normalized spacial score (nSPS) is 25.0. The summed E-state index contributed by atoms with van der Waals surface area (Å²) in [5, 5.41) is 32.9. The molecule has 0 spiro atoms. The Morgan fingerprint density at radius 3 is 2.20 bits per heavy atom. The van der Waals surface area contributed by atoms with Crippen molar-refractivity contribution in [3.63, 3.8) is 0 Å². The quantitative estimate of drug-likeness (QED) is 0.0305. The summed E-state index contributed by atoms with van der Waals surface area (Å²) in [6.45, 7) is -0.437. The van der Waals surface area contributed by atoms with Gasteiger partial charge in [-0.3, -0.25) is 23.5 Å². The number of nitrogens with one attached hydrogen (secondary N) is 4. The van der Waals surface area contributed by atoms with Crippen LogP contribution in [-0.4, -0.2) is 124 Å². The van der Waals surface area contributed by atoms with Crippen molar-refractivity contribution in [2.24, 2.45) is 0 Å². The Balaban J connectivity index is 1.03. The number of Topliss-reactive ketones (excluding diaryl/α,β-unsaturated/α-hetero) is 1. The van der Waals surface area contributed by atoms with E-state index in [9.17, 15) is 57.7 Å². The Morgan fingerprint density at radius 2 is 1.52 bits per heavy atom. The number of nitrogens with two attached hydrogens (primary N) is 1. The molecule has 29 heteroatoms. The van der Waals surface area contributed by atoms with Crippen LogP contribution >= 0.6 is 35.2 Å². The van der Waals surface area contributed by atoms with Gasteiger partial charge in [0.05, 0.1) is 18.7 Å². The number of amides is 4. The molecule has 362 valence electrons. The monoisotopic (exact) mass is 989 g/mol. The number of carbonyl (C=O) groups is 4. The first-order valence-electron chi connectivity index (χ1n) is 20.7. The van der Waals surface area contributed by atoms with E-state index in [4.69, 9.17) is 20.3 Å².